The largest absolute Gasteiger partial charge is 0.492 e. The normalized spacial score (nSPS) is 16.0. The van der Waals surface area contributed by atoms with Gasteiger partial charge in [-0.05, 0) is 41.1 Å². The van der Waals surface area contributed by atoms with Gasteiger partial charge >= 0.3 is 0 Å². The lowest BCUT2D eigenvalue weighted by Crippen LogP contribution is -3.13. The van der Waals surface area contributed by atoms with Crippen molar-refractivity contribution in [3.63, 3.8) is 0 Å². The Hall–Kier alpha value is -1.04. The molecule has 0 spiro atoms. The van der Waals surface area contributed by atoms with Gasteiger partial charge in [0, 0.05) is 9.85 Å². The van der Waals surface area contributed by atoms with Crippen LogP contribution in [0.2, 0.25) is 0 Å². The predicted octanol–water partition coefficient (Wildman–Crippen LogP) is 2.81. The van der Waals surface area contributed by atoms with Gasteiger partial charge in [-0.15, -0.1) is 11.3 Å². The maximum Gasteiger partial charge on any atom is 0.142 e. The van der Waals surface area contributed by atoms with E-state index in [9.17, 15) is 0 Å². The Morgan fingerprint density at radius 3 is 2.73 bits per heavy atom. The van der Waals surface area contributed by atoms with Crippen LogP contribution in [0.15, 0.2) is 40.2 Å². The fraction of sp³-hybridized carbons (Fsp3) is 0.412. The minimum atomic E-state index is 0.718. The molecular formula is C17H22BrN2OS+. The summed E-state index contributed by atoms with van der Waals surface area (Å²) < 4.78 is 6.97. The first-order valence-corrected chi connectivity index (χ1v) is 9.47. The van der Waals surface area contributed by atoms with Crippen LogP contribution in [0.4, 0.5) is 5.69 Å². The second-order valence-corrected chi connectivity index (χ2v) is 7.46. The standard InChI is InChI=1S/C17H21BrN2OS/c1-2-21-17-6-4-3-5-16(17)20-9-7-19(8-10-20)12-15-11-14(18)13-22-15/h3-6,11,13H,2,7-10,12H2,1H3/p+1. The third-order valence-corrected chi connectivity index (χ3v) is 5.72. The number of rotatable bonds is 5. The molecule has 0 radical (unpaired) electrons. The monoisotopic (exact) mass is 381 g/mol. The molecule has 0 bridgehead atoms. The van der Waals surface area contributed by atoms with E-state index in [1.807, 2.05) is 24.3 Å². The SMILES string of the molecule is CCOc1ccccc1N1CC[NH+](Cc2cc(Br)cs2)CC1. The molecule has 1 aliphatic rings. The minimum absolute atomic E-state index is 0.718. The Bertz CT molecular complexity index is 608. The van der Waals surface area contributed by atoms with E-state index in [2.05, 4.69) is 50.5 Å². The van der Waals surface area contributed by atoms with Gasteiger partial charge in [0.2, 0.25) is 0 Å². The lowest BCUT2D eigenvalue weighted by molar-refractivity contribution is -0.914. The van der Waals surface area contributed by atoms with Crippen molar-refractivity contribution >= 4 is 33.0 Å². The zero-order valence-corrected chi connectivity index (χ0v) is 15.3. The molecule has 3 rings (SSSR count). The second-order valence-electron chi connectivity index (χ2n) is 5.55. The van der Waals surface area contributed by atoms with Gasteiger partial charge in [0.25, 0.3) is 0 Å². The summed E-state index contributed by atoms with van der Waals surface area (Å²) in [5.41, 5.74) is 1.24. The van der Waals surface area contributed by atoms with E-state index in [0.717, 1.165) is 32.0 Å². The number of para-hydroxylation sites is 2. The van der Waals surface area contributed by atoms with Crippen LogP contribution in [0, 0.1) is 0 Å². The van der Waals surface area contributed by atoms with Crippen molar-refractivity contribution in [1.29, 1.82) is 0 Å². The predicted molar refractivity (Wildman–Crippen MR) is 96.2 cm³/mol. The van der Waals surface area contributed by atoms with Gasteiger partial charge in [-0.3, -0.25) is 0 Å². The molecule has 1 saturated heterocycles. The molecule has 2 heterocycles. The number of nitrogens with one attached hydrogen (secondary N) is 1. The van der Waals surface area contributed by atoms with Crippen LogP contribution in [-0.2, 0) is 6.54 Å². The third kappa shape index (κ3) is 3.83. The Morgan fingerprint density at radius 1 is 1.27 bits per heavy atom. The van der Waals surface area contributed by atoms with Crippen LogP contribution in [0.1, 0.15) is 11.8 Å². The van der Waals surface area contributed by atoms with E-state index in [0.29, 0.717) is 0 Å². The number of benzene rings is 1. The van der Waals surface area contributed by atoms with E-state index in [4.69, 9.17) is 4.74 Å². The highest BCUT2D eigenvalue weighted by Gasteiger charge is 2.22. The number of quaternary nitrogens is 1. The molecule has 0 aliphatic carbocycles. The molecule has 3 nitrogen and oxygen atoms in total. The number of ether oxygens (including phenoxy) is 1. The van der Waals surface area contributed by atoms with Crippen molar-refractivity contribution in [2.75, 3.05) is 37.7 Å². The first kappa shape index (κ1) is 15.8. The average Bonchev–Trinajstić information content (AvgIpc) is 2.94. The van der Waals surface area contributed by atoms with Crippen molar-refractivity contribution in [1.82, 2.24) is 0 Å². The zero-order chi connectivity index (χ0) is 15.4. The van der Waals surface area contributed by atoms with E-state index < -0.39 is 0 Å². The summed E-state index contributed by atoms with van der Waals surface area (Å²) >= 11 is 5.39. The number of anilines is 1. The highest BCUT2D eigenvalue weighted by atomic mass is 79.9. The molecule has 22 heavy (non-hydrogen) atoms. The van der Waals surface area contributed by atoms with Crippen LogP contribution >= 0.6 is 27.3 Å². The van der Waals surface area contributed by atoms with Crippen LogP contribution in [0.25, 0.3) is 0 Å². The van der Waals surface area contributed by atoms with E-state index in [1.165, 1.54) is 28.1 Å². The summed E-state index contributed by atoms with van der Waals surface area (Å²) in [6.07, 6.45) is 0. The minimum Gasteiger partial charge on any atom is -0.492 e. The van der Waals surface area contributed by atoms with Gasteiger partial charge in [0.1, 0.15) is 12.3 Å². The molecule has 118 valence electrons. The molecule has 0 atom stereocenters. The van der Waals surface area contributed by atoms with Crippen molar-refractivity contribution in [3.8, 4) is 5.75 Å². The molecule has 1 N–H and O–H groups in total. The second kappa shape index (κ2) is 7.49. The maximum absolute atomic E-state index is 5.76. The summed E-state index contributed by atoms with van der Waals surface area (Å²) in [6, 6.07) is 10.6. The first-order valence-electron chi connectivity index (χ1n) is 7.79. The van der Waals surface area contributed by atoms with E-state index in [-0.39, 0.29) is 0 Å². The average molecular weight is 382 g/mol. The summed E-state index contributed by atoms with van der Waals surface area (Å²) in [5, 5.41) is 2.17. The topological polar surface area (TPSA) is 16.9 Å². The fourth-order valence-corrected chi connectivity index (χ4v) is 4.45. The maximum atomic E-state index is 5.76. The van der Waals surface area contributed by atoms with Crippen molar-refractivity contribution in [2.45, 2.75) is 13.5 Å². The molecule has 1 aromatic carbocycles. The summed E-state index contributed by atoms with van der Waals surface area (Å²) in [4.78, 5) is 5.59. The summed E-state index contributed by atoms with van der Waals surface area (Å²) in [6.45, 7) is 8.43. The van der Waals surface area contributed by atoms with Gasteiger partial charge in [0.15, 0.2) is 0 Å². The van der Waals surface area contributed by atoms with Gasteiger partial charge in [-0.25, -0.2) is 0 Å². The smallest absolute Gasteiger partial charge is 0.142 e. The number of piperazine rings is 1. The number of hydrogen-bond donors (Lipinski definition) is 1. The molecular weight excluding hydrogens is 360 g/mol. The highest BCUT2D eigenvalue weighted by Crippen LogP contribution is 2.27. The first-order chi connectivity index (χ1) is 10.8. The van der Waals surface area contributed by atoms with Gasteiger partial charge in [0.05, 0.1) is 43.4 Å². The van der Waals surface area contributed by atoms with Crippen molar-refractivity contribution in [3.05, 3.63) is 45.1 Å². The lowest BCUT2D eigenvalue weighted by Gasteiger charge is -2.34. The molecule has 1 aliphatic heterocycles. The number of thiophene rings is 1. The Morgan fingerprint density at radius 2 is 2.05 bits per heavy atom. The van der Waals surface area contributed by atoms with E-state index in [1.54, 1.807) is 4.90 Å². The van der Waals surface area contributed by atoms with Crippen molar-refractivity contribution < 1.29 is 9.64 Å². The fourth-order valence-electron chi connectivity index (χ4n) is 2.93. The zero-order valence-electron chi connectivity index (χ0n) is 12.8. The molecule has 1 aromatic heterocycles. The molecule has 0 saturated carbocycles. The third-order valence-electron chi connectivity index (χ3n) is 4.02. The van der Waals surface area contributed by atoms with Gasteiger partial charge in [-0.2, -0.15) is 0 Å². The molecule has 2 aromatic rings. The number of nitrogens with zero attached hydrogens (tertiary/aromatic N) is 1. The van der Waals surface area contributed by atoms with Crippen LogP contribution in [-0.4, -0.2) is 32.8 Å². The molecule has 0 amide bonds. The Kier molecular flexibility index (Phi) is 5.39. The Balaban J connectivity index is 1.59. The molecule has 0 unspecified atom stereocenters. The molecule has 1 fully saturated rings. The highest BCUT2D eigenvalue weighted by molar-refractivity contribution is 9.10. The van der Waals surface area contributed by atoms with Crippen LogP contribution in [0.3, 0.4) is 0 Å². The lowest BCUT2D eigenvalue weighted by atomic mass is 10.2. The number of halogens is 1. The number of hydrogen-bond acceptors (Lipinski definition) is 3. The quantitative estimate of drug-likeness (QED) is 0.857. The molecule has 5 heteroatoms. The van der Waals surface area contributed by atoms with Crippen molar-refractivity contribution in [2.24, 2.45) is 0 Å². The Labute approximate surface area is 144 Å². The van der Waals surface area contributed by atoms with E-state index >= 15 is 0 Å². The van der Waals surface area contributed by atoms with Gasteiger partial charge in [-0.1, -0.05) is 12.1 Å². The van der Waals surface area contributed by atoms with Crippen LogP contribution < -0.4 is 14.5 Å². The summed E-state index contributed by atoms with van der Waals surface area (Å²) in [7, 11) is 0. The van der Waals surface area contributed by atoms with Gasteiger partial charge < -0.3 is 14.5 Å². The van der Waals surface area contributed by atoms with Crippen LogP contribution in [0.5, 0.6) is 5.75 Å². The summed E-state index contributed by atoms with van der Waals surface area (Å²) in [5.74, 6) is 1.01.